The van der Waals surface area contributed by atoms with Gasteiger partial charge in [-0.2, -0.15) is 0 Å². The lowest BCUT2D eigenvalue weighted by Gasteiger charge is -2.08. The van der Waals surface area contributed by atoms with Gasteiger partial charge in [-0.15, -0.1) is 0 Å². The van der Waals surface area contributed by atoms with E-state index in [1.165, 1.54) is 12.1 Å². The largest absolute Gasteiger partial charge is 0.497 e. The summed E-state index contributed by atoms with van der Waals surface area (Å²) in [7, 11) is -0.0490. The highest BCUT2D eigenvalue weighted by molar-refractivity contribution is 6.58. The number of amides is 1. The minimum absolute atomic E-state index is 0.267. The number of ether oxygens (including phenoxy) is 1. The molecule has 0 heterocycles. The van der Waals surface area contributed by atoms with Gasteiger partial charge in [-0.3, -0.25) is 4.79 Å². The lowest BCUT2D eigenvalue weighted by Crippen LogP contribution is -2.30. The zero-order chi connectivity index (χ0) is 14.5. The van der Waals surface area contributed by atoms with E-state index in [1.54, 1.807) is 43.5 Å². The Morgan fingerprint density at radius 3 is 2.60 bits per heavy atom. The van der Waals surface area contributed by atoms with Crippen molar-refractivity contribution in [3.63, 3.8) is 0 Å². The average Bonchev–Trinajstić information content (AvgIpc) is 2.47. The number of rotatable bonds is 4. The summed E-state index contributed by atoms with van der Waals surface area (Å²) < 4.78 is 5.08. The van der Waals surface area contributed by atoms with Crippen molar-refractivity contribution in [3.8, 4) is 5.75 Å². The molecular formula is C14H14BNO4. The van der Waals surface area contributed by atoms with Crippen molar-refractivity contribution in [2.24, 2.45) is 0 Å². The predicted octanol–water partition coefficient (Wildman–Crippen LogP) is 0.627. The van der Waals surface area contributed by atoms with E-state index >= 15 is 0 Å². The molecule has 0 aliphatic rings. The van der Waals surface area contributed by atoms with Gasteiger partial charge in [0, 0.05) is 17.3 Å². The van der Waals surface area contributed by atoms with Crippen molar-refractivity contribution in [1.29, 1.82) is 0 Å². The molecule has 6 heteroatoms. The molecule has 5 nitrogen and oxygen atoms in total. The lowest BCUT2D eigenvalue weighted by atomic mass is 9.79. The minimum Gasteiger partial charge on any atom is -0.497 e. The van der Waals surface area contributed by atoms with Gasteiger partial charge in [0.05, 0.1) is 7.11 Å². The number of nitrogens with one attached hydrogen (secondary N) is 1. The Hall–Kier alpha value is -2.31. The lowest BCUT2D eigenvalue weighted by molar-refractivity contribution is 0.102. The molecule has 0 unspecified atom stereocenters. The molecule has 0 radical (unpaired) electrons. The predicted molar refractivity (Wildman–Crippen MR) is 77.2 cm³/mol. The molecule has 3 N–H and O–H groups in total. The highest BCUT2D eigenvalue weighted by atomic mass is 16.5. The van der Waals surface area contributed by atoms with Crippen molar-refractivity contribution >= 4 is 24.2 Å². The van der Waals surface area contributed by atoms with Crippen LogP contribution in [0.25, 0.3) is 0 Å². The van der Waals surface area contributed by atoms with Crippen LogP contribution in [-0.4, -0.2) is 30.2 Å². The van der Waals surface area contributed by atoms with Crippen LogP contribution in [0.1, 0.15) is 10.4 Å². The number of carbonyl (C=O) groups is 1. The first-order valence-corrected chi connectivity index (χ1v) is 6.01. The van der Waals surface area contributed by atoms with Gasteiger partial charge in [-0.25, -0.2) is 0 Å². The average molecular weight is 271 g/mol. The monoisotopic (exact) mass is 271 g/mol. The van der Waals surface area contributed by atoms with E-state index in [0.717, 1.165) is 0 Å². The van der Waals surface area contributed by atoms with Crippen LogP contribution in [-0.2, 0) is 0 Å². The normalized spacial score (nSPS) is 9.95. The van der Waals surface area contributed by atoms with Crippen molar-refractivity contribution in [3.05, 3.63) is 54.1 Å². The second-order valence-corrected chi connectivity index (χ2v) is 4.19. The third-order valence-electron chi connectivity index (χ3n) is 2.77. The molecule has 1 amide bonds. The first-order valence-electron chi connectivity index (χ1n) is 6.01. The van der Waals surface area contributed by atoms with Gasteiger partial charge >= 0.3 is 7.12 Å². The van der Waals surface area contributed by atoms with Crippen LogP contribution in [0.3, 0.4) is 0 Å². The van der Waals surface area contributed by atoms with E-state index in [4.69, 9.17) is 14.8 Å². The molecular weight excluding hydrogens is 257 g/mol. The first-order chi connectivity index (χ1) is 9.60. The van der Waals surface area contributed by atoms with Crippen LogP contribution >= 0.6 is 0 Å². The molecule has 20 heavy (non-hydrogen) atoms. The van der Waals surface area contributed by atoms with Crippen LogP contribution in [0, 0.1) is 0 Å². The summed E-state index contributed by atoms with van der Waals surface area (Å²) in [5.41, 5.74) is 1.21. The Morgan fingerprint density at radius 2 is 1.90 bits per heavy atom. The van der Waals surface area contributed by atoms with Gasteiger partial charge in [-0.05, 0) is 29.7 Å². The summed E-state index contributed by atoms with van der Waals surface area (Å²) in [6.07, 6.45) is 0. The molecule has 2 aromatic rings. The fourth-order valence-corrected chi connectivity index (χ4v) is 1.74. The van der Waals surface area contributed by atoms with Gasteiger partial charge in [0.25, 0.3) is 5.91 Å². The highest BCUT2D eigenvalue weighted by Gasteiger charge is 2.13. The SMILES string of the molecule is COc1cccc(NC(=O)c2cccc(B(O)O)c2)c1. The number of anilines is 1. The summed E-state index contributed by atoms with van der Waals surface area (Å²) in [4.78, 5) is 12.1. The highest BCUT2D eigenvalue weighted by Crippen LogP contribution is 2.17. The quantitative estimate of drug-likeness (QED) is 0.712. The van der Waals surface area contributed by atoms with Gasteiger partial charge in [0.15, 0.2) is 0 Å². The second kappa shape index (κ2) is 6.23. The zero-order valence-electron chi connectivity index (χ0n) is 10.9. The number of methoxy groups -OCH3 is 1. The standard InChI is InChI=1S/C14H14BNO4/c1-20-13-7-3-6-12(9-13)16-14(17)10-4-2-5-11(8-10)15(18)19/h2-9,18-19H,1H3,(H,16,17). The van der Waals surface area contributed by atoms with Gasteiger partial charge in [0.2, 0.25) is 0 Å². The summed E-state index contributed by atoms with van der Waals surface area (Å²) in [5, 5.41) is 20.9. The molecule has 0 fully saturated rings. The van der Waals surface area contributed by atoms with Crippen molar-refractivity contribution in [1.82, 2.24) is 0 Å². The maximum Gasteiger partial charge on any atom is 0.488 e. The molecule has 0 saturated heterocycles. The second-order valence-electron chi connectivity index (χ2n) is 4.19. The van der Waals surface area contributed by atoms with Gasteiger partial charge in [-0.1, -0.05) is 18.2 Å². The Bertz CT molecular complexity index is 616. The van der Waals surface area contributed by atoms with E-state index in [1.807, 2.05) is 0 Å². The summed E-state index contributed by atoms with van der Waals surface area (Å²) in [6.45, 7) is 0. The van der Waals surface area contributed by atoms with Crippen molar-refractivity contribution < 1.29 is 19.6 Å². The molecule has 2 aromatic carbocycles. The van der Waals surface area contributed by atoms with Crippen LogP contribution < -0.4 is 15.5 Å². The molecule has 0 bridgehead atoms. The zero-order valence-corrected chi connectivity index (χ0v) is 10.9. The number of benzene rings is 2. The maximum absolute atomic E-state index is 12.1. The van der Waals surface area contributed by atoms with Crippen LogP contribution in [0.4, 0.5) is 5.69 Å². The fourth-order valence-electron chi connectivity index (χ4n) is 1.74. The molecule has 0 saturated carbocycles. The number of carbonyl (C=O) groups excluding carboxylic acids is 1. The third kappa shape index (κ3) is 3.37. The Morgan fingerprint density at radius 1 is 1.15 bits per heavy atom. The molecule has 102 valence electrons. The maximum atomic E-state index is 12.1. The smallest absolute Gasteiger partial charge is 0.488 e. The fraction of sp³-hybridized carbons (Fsp3) is 0.0714. The van der Waals surface area contributed by atoms with E-state index in [0.29, 0.717) is 17.0 Å². The molecule has 0 atom stereocenters. The van der Waals surface area contributed by atoms with Crippen LogP contribution in [0.15, 0.2) is 48.5 Å². The van der Waals surface area contributed by atoms with E-state index in [2.05, 4.69) is 5.32 Å². The van der Waals surface area contributed by atoms with Crippen LogP contribution in [0.2, 0.25) is 0 Å². The topological polar surface area (TPSA) is 78.8 Å². The minimum atomic E-state index is -1.60. The third-order valence-corrected chi connectivity index (χ3v) is 2.77. The summed E-state index contributed by atoms with van der Waals surface area (Å²) in [5.74, 6) is 0.308. The molecule has 0 spiro atoms. The van der Waals surface area contributed by atoms with Gasteiger partial charge < -0.3 is 20.1 Å². The molecule has 0 aliphatic heterocycles. The van der Waals surface area contributed by atoms with Crippen molar-refractivity contribution in [2.45, 2.75) is 0 Å². The number of hydrogen-bond acceptors (Lipinski definition) is 4. The van der Waals surface area contributed by atoms with Crippen molar-refractivity contribution in [2.75, 3.05) is 12.4 Å². The van der Waals surface area contributed by atoms with Gasteiger partial charge in [0.1, 0.15) is 5.75 Å². The summed E-state index contributed by atoms with van der Waals surface area (Å²) in [6, 6.07) is 13.1. The Balaban J connectivity index is 2.17. The number of hydrogen-bond donors (Lipinski definition) is 3. The molecule has 2 rings (SSSR count). The Labute approximate surface area is 117 Å². The van der Waals surface area contributed by atoms with Crippen LogP contribution in [0.5, 0.6) is 5.75 Å². The molecule has 0 aliphatic carbocycles. The van der Waals surface area contributed by atoms with E-state index in [9.17, 15) is 4.79 Å². The molecule has 0 aromatic heterocycles. The Kier molecular flexibility index (Phi) is 4.39. The summed E-state index contributed by atoms with van der Waals surface area (Å²) >= 11 is 0. The van der Waals surface area contributed by atoms with E-state index < -0.39 is 7.12 Å². The van der Waals surface area contributed by atoms with E-state index in [-0.39, 0.29) is 11.4 Å². The first kappa shape index (κ1) is 14.1.